The van der Waals surface area contributed by atoms with Crippen LogP contribution in [0, 0.1) is 0 Å². The van der Waals surface area contributed by atoms with Gasteiger partial charge in [0.2, 0.25) is 11.5 Å². The molecular formula is C14H14O6. The lowest BCUT2D eigenvalue weighted by Gasteiger charge is -2.20. The first kappa shape index (κ1) is 13.9. The number of fused-ring (bicyclic) bond motifs is 1. The second-order valence-corrected chi connectivity index (χ2v) is 3.97. The number of ketones is 2. The average Bonchev–Trinajstić information content (AvgIpc) is 2.48. The van der Waals surface area contributed by atoms with E-state index >= 15 is 0 Å². The van der Waals surface area contributed by atoms with E-state index in [0.29, 0.717) is 5.75 Å². The highest BCUT2D eigenvalue weighted by molar-refractivity contribution is 6.25. The van der Waals surface area contributed by atoms with Gasteiger partial charge in [0, 0.05) is 11.6 Å². The number of Topliss-reactive ketones (excluding diaryl/α,β-unsaturated/α-hetero) is 1. The lowest BCUT2D eigenvalue weighted by atomic mass is 9.92. The molecule has 0 fully saturated rings. The second kappa shape index (κ2) is 5.24. The maximum atomic E-state index is 12.2. The van der Waals surface area contributed by atoms with E-state index in [0.717, 1.165) is 6.08 Å². The molecule has 20 heavy (non-hydrogen) atoms. The molecule has 6 heteroatoms. The number of rotatable bonds is 4. The predicted octanol–water partition coefficient (Wildman–Crippen LogP) is 1.62. The van der Waals surface area contributed by atoms with E-state index in [2.05, 4.69) is 0 Å². The Balaban J connectivity index is 2.78. The van der Waals surface area contributed by atoms with Crippen molar-refractivity contribution in [3.05, 3.63) is 29.0 Å². The van der Waals surface area contributed by atoms with Crippen molar-refractivity contribution in [3.63, 3.8) is 0 Å². The summed E-state index contributed by atoms with van der Waals surface area (Å²) in [5.74, 6) is -0.0512. The highest BCUT2D eigenvalue weighted by Crippen LogP contribution is 2.44. The maximum absolute atomic E-state index is 12.2. The lowest BCUT2D eigenvalue weighted by Crippen LogP contribution is -2.19. The minimum Gasteiger partial charge on any atom is -0.493 e. The van der Waals surface area contributed by atoms with Crippen LogP contribution in [0.25, 0.3) is 0 Å². The normalized spacial score (nSPS) is 13.5. The molecule has 1 aromatic rings. The summed E-state index contributed by atoms with van der Waals surface area (Å²) in [6.07, 6.45) is 1.14. The molecular weight excluding hydrogens is 264 g/mol. The summed E-state index contributed by atoms with van der Waals surface area (Å²) in [4.78, 5) is 24.4. The van der Waals surface area contributed by atoms with Crippen LogP contribution in [0.1, 0.15) is 20.7 Å². The van der Waals surface area contributed by atoms with E-state index in [1.54, 1.807) is 0 Å². The van der Waals surface area contributed by atoms with Crippen LogP contribution in [0.2, 0.25) is 0 Å². The summed E-state index contributed by atoms with van der Waals surface area (Å²) in [5.41, 5.74) is 0.319. The fourth-order valence-corrected chi connectivity index (χ4v) is 2.12. The molecule has 0 atom stereocenters. The molecule has 1 aromatic carbocycles. The third-order valence-electron chi connectivity index (χ3n) is 3.03. The minimum atomic E-state index is -0.402. The largest absolute Gasteiger partial charge is 0.493 e. The van der Waals surface area contributed by atoms with Gasteiger partial charge in [-0.15, -0.1) is 0 Å². The quantitative estimate of drug-likeness (QED) is 0.833. The van der Waals surface area contributed by atoms with Crippen molar-refractivity contribution in [1.82, 2.24) is 0 Å². The number of hydrogen-bond acceptors (Lipinski definition) is 6. The van der Waals surface area contributed by atoms with Crippen molar-refractivity contribution < 1.29 is 28.5 Å². The van der Waals surface area contributed by atoms with Crippen LogP contribution >= 0.6 is 0 Å². The molecule has 1 aliphatic carbocycles. The molecule has 0 radical (unpaired) electrons. The van der Waals surface area contributed by atoms with Gasteiger partial charge in [-0.3, -0.25) is 9.59 Å². The molecule has 0 unspecified atom stereocenters. The van der Waals surface area contributed by atoms with E-state index in [1.165, 1.54) is 34.5 Å². The van der Waals surface area contributed by atoms with E-state index in [-0.39, 0.29) is 34.2 Å². The van der Waals surface area contributed by atoms with Crippen LogP contribution in [-0.4, -0.2) is 40.0 Å². The van der Waals surface area contributed by atoms with Crippen LogP contribution in [0.4, 0.5) is 0 Å². The fraction of sp³-hybridized carbons (Fsp3) is 0.286. The summed E-state index contributed by atoms with van der Waals surface area (Å²) in [5, 5.41) is 0. The maximum Gasteiger partial charge on any atom is 0.228 e. The SMILES string of the molecule is COC1=CC(=O)c2c(cc(OC)c(OC)c2OC)C1=O. The van der Waals surface area contributed by atoms with Gasteiger partial charge in [0.25, 0.3) is 0 Å². The summed E-state index contributed by atoms with van der Waals surface area (Å²) < 4.78 is 20.5. The van der Waals surface area contributed by atoms with Gasteiger partial charge >= 0.3 is 0 Å². The van der Waals surface area contributed by atoms with Gasteiger partial charge < -0.3 is 18.9 Å². The standard InChI is InChI=1S/C14H14O6/c1-17-9-6-8(15)11-7(12(9)16)5-10(18-2)13(19-3)14(11)20-4/h5-6H,1-4H3. The first-order chi connectivity index (χ1) is 9.58. The van der Waals surface area contributed by atoms with Gasteiger partial charge in [-0.2, -0.15) is 0 Å². The van der Waals surface area contributed by atoms with E-state index in [9.17, 15) is 9.59 Å². The molecule has 106 valence electrons. The molecule has 0 saturated carbocycles. The topological polar surface area (TPSA) is 71.1 Å². The number of allylic oxidation sites excluding steroid dienone is 2. The molecule has 0 bridgehead atoms. The molecule has 0 aliphatic heterocycles. The number of hydrogen-bond donors (Lipinski definition) is 0. The zero-order valence-electron chi connectivity index (χ0n) is 11.6. The molecule has 0 spiro atoms. The number of benzene rings is 1. The van der Waals surface area contributed by atoms with Gasteiger partial charge in [0.05, 0.1) is 34.0 Å². The zero-order chi connectivity index (χ0) is 14.9. The van der Waals surface area contributed by atoms with E-state index < -0.39 is 5.78 Å². The van der Waals surface area contributed by atoms with Crippen molar-refractivity contribution in [1.29, 1.82) is 0 Å². The van der Waals surface area contributed by atoms with Gasteiger partial charge in [-0.05, 0) is 6.07 Å². The van der Waals surface area contributed by atoms with Crippen molar-refractivity contribution in [2.24, 2.45) is 0 Å². The van der Waals surface area contributed by atoms with Gasteiger partial charge in [-0.25, -0.2) is 0 Å². The van der Waals surface area contributed by atoms with E-state index in [4.69, 9.17) is 18.9 Å². The third-order valence-corrected chi connectivity index (χ3v) is 3.03. The summed E-state index contributed by atoms with van der Waals surface area (Å²) in [7, 11) is 5.59. The van der Waals surface area contributed by atoms with Crippen LogP contribution in [0.3, 0.4) is 0 Å². The zero-order valence-corrected chi connectivity index (χ0v) is 11.6. The van der Waals surface area contributed by atoms with Gasteiger partial charge in [-0.1, -0.05) is 0 Å². The Morgan fingerprint density at radius 1 is 0.850 bits per heavy atom. The van der Waals surface area contributed by atoms with Crippen LogP contribution in [0.5, 0.6) is 17.2 Å². The van der Waals surface area contributed by atoms with Crippen molar-refractivity contribution >= 4 is 11.6 Å². The Kier molecular flexibility index (Phi) is 3.65. The highest BCUT2D eigenvalue weighted by Gasteiger charge is 2.33. The summed E-state index contributed by atoms with van der Waals surface area (Å²) >= 11 is 0. The van der Waals surface area contributed by atoms with Crippen molar-refractivity contribution in [2.45, 2.75) is 0 Å². The molecule has 0 amide bonds. The molecule has 0 N–H and O–H groups in total. The molecule has 0 heterocycles. The summed E-state index contributed by atoms with van der Waals surface area (Å²) in [6, 6.07) is 1.45. The Morgan fingerprint density at radius 2 is 1.50 bits per heavy atom. The first-order valence-corrected chi connectivity index (χ1v) is 5.76. The van der Waals surface area contributed by atoms with Crippen molar-refractivity contribution in [3.8, 4) is 17.2 Å². The van der Waals surface area contributed by atoms with E-state index in [1.807, 2.05) is 0 Å². The molecule has 0 aromatic heterocycles. The molecule has 0 saturated heterocycles. The molecule has 6 nitrogen and oxygen atoms in total. The Labute approximate surface area is 115 Å². The van der Waals surface area contributed by atoms with Gasteiger partial charge in [0.1, 0.15) is 0 Å². The number of ether oxygens (including phenoxy) is 4. The molecule has 2 rings (SSSR count). The average molecular weight is 278 g/mol. The van der Waals surface area contributed by atoms with Crippen LogP contribution < -0.4 is 14.2 Å². The monoisotopic (exact) mass is 278 g/mol. The smallest absolute Gasteiger partial charge is 0.228 e. The number of methoxy groups -OCH3 is 4. The Morgan fingerprint density at radius 3 is 2.00 bits per heavy atom. The lowest BCUT2D eigenvalue weighted by molar-refractivity contribution is 0.0914. The fourth-order valence-electron chi connectivity index (χ4n) is 2.12. The second-order valence-electron chi connectivity index (χ2n) is 3.97. The highest BCUT2D eigenvalue weighted by atomic mass is 16.5. The number of carbonyl (C=O) groups excluding carboxylic acids is 2. The third kappa shape index (κ3) is 1.89. The predicted molar refractivity (Wildman–Crippen MR) is 69.9 cm³/mol. The van der Waals surface area contributed by atoms with Gasteiger partial charge in [0.15, 0.2) is 23.0 Å². The van der Waals surface area contributed by atoms with Crippen LogP contribution in [-0.2, 0) is 4.74 Å². The van der Waals surface area contributed by atoms with Crippen LogP contribution in [0.15, 0.2) is 17.9 Å². The molecule has 1 aliphatic rings. The first-order valence-electron chi connectivity index (χ1n) is 5.76. The Bertz CT molecular complexity index is 615. The minimum absolute atomic E-state index is 0.0169. The summed E-state index contributed by atoms with van der Waals surface area (Å²) in [6.45, 7) is 0. The Hall–Kier alpha value is -2.50. The number of carbonyl (C=O) groups is 2. The van der Waals surface area contributed by atoms with Crippen molar-refractivity contribution in [2.75, 3.05) is 28.4 Å².